The van der Waals surface area contributed by atoms with Crippen molar-refractivity contribution in [2.75, 3.05) is 27.3 Å². The third kappa shape index (κ3) is 2.19. The molecular weight excluding hydrogens is 158 g/mol. The lowest BCUT2D eigenvalue weighted by atomic mass is 10.2. The molecule has 0 saturated carbocycles. The molecule has 0 aromatic rings. The third-order valence-electron chi connectivity index (χ3n) is 1.98. The molecule has 0 radical (unpaired) electrons. The highest BCUT2D eigenvalue weighted by atomic mass is 16.6. The van der Waals surface area contributed by atoms with Gasteiger partial charge in [-0.05, 0) is 14.1 Å². The Morgan fingerprint density at radius 2 is 2.17 bits per heavy atom. The molecule has 0 aromatic carbocycles. The maximum absolute atomic E-state index is 10.7. The summed E-state index contributed by atoms with van der Waals surface area (Å²) in [5.41, 5.74) is 0. The Hall–Kier alpha value is -0.610. The van der Waals surface area contributed by atoms with E-state index in [9.17, 15) is 4.79 Å². The quantitative estimate of drug-likeness (QED) is 0.546. The van der Waals surface area contributed by atoms with E-state index in [2.05, 4.69) is 0 Å². The van der Waals surface area contributed by atoms with E-state index < -0.39 is 0 Å². The fourth-order valence-electron chi connectivity index (χ4n) is 1.33. The second-order valence-corrected chi connectivity index (χ2v) is 3.22. The van der Waals surface area contributed by atoms with Gasteiger partial charge in [0.1, 0.15) is 6.10 Å². The van der Waals surface area contributed by atoms with Crippen molar-refractivity contribution in [3.63, 3.8) is 0 Å². The lowest BCUT2D eigenvalue weighted by molar-refractivity contribution is -0.148. The van der Waals surface area contributed by atoms with Crippen LogP contribution in [0.2, 0.25) is 0 Å². The van der Waals surface area contributed by atoms with Gasteiger partial charge in [0.05, 0.1) is 19.3 Å². The smallest absolute Gasteiger partial charge is 0.303 e. The Bertz CT molecular complexity index is 170. The molecule has 70 valence electrons. The SMILES string of the molecule is CC(=O)O[C@H]1COC[C@H]1N(C)C. The fraction of sp³-hybridized carbons (Fsp3) is 0.875. The molecule has 1 saturated heterocycles. The Kier molecular flexibility index (Phi) is 3.05. The van der Waals surface area contributed by atoms with Crippen LogP contribution in [-0.2, 0) is 14.3 Å². The summed E-state index contributed by atoms with van der Waals surface area (Å²) in [6.45, 7) is 2.58. The highest BCUT2D eigenvalue weighted by Crippen LogP contribution is 2.13. The number of likely N-dealkylation sites (N-methyl/N-ethyl adjacent to an activating group) is 1. The van der Waals surface area contributed by atoms with E-state index >= 15 is 0 Å². The summed E-state index contributed by atoms with van der Waals surface area (Å²) in [4.78, 5) is 12.7. The van der Waals surface area contributed by atoms with Gasteiger partial charge >= 0.3 is 5.97 Å². The molecule has 0 aromatic heterocycles. The summed E-state index contributed by atoms with van der Waals surface area (Å²) < 4.78 is 10.3. The van der Waals surface area contributed by atoms with Crippen molar-refractivity contribution >= 4 is 5.97 Å². The number of ether oxygens (including phenoxy) is 2. The van der Waals surface area contributed by atoms with E-state index in [0.717, 1.165) is 0 Å². The third-order valence-corrected chi connectivity index (χ3v) is 1.98. The Balaban J connectivity index is 2.46. The lowest BCUT2D eigenvalue weighted by Gasteiger charge is -2.23. The Morgan fingerprint density at radius 3 is 2.67 bits per heavy atom. The zero-order chi connectivity index (χ0) is 9.14. The molecule has 0 spiro atoms. The van der Waals surface area contributed by atoms with Crippen LogP contribution in [0.4, 0.5) is 0 Å². The molecule has 0 unspecified atom stereocenters. The molecule has 12 heavy (non-hydrogen) atoms. The van der Waals surface area contributed by atoms with Gasteiger partial charge in [0.15, 0.2) is 0 Å². The van der Waals surface area contributed by atoms with E-state index in [4.69, 9.17) is 9.47 Å². The zero-order valence-corrected chi connectivity index (χ0v) is 7.74. The first-order chi connectivity index (χ1) is 5.61. The number of carbonyl (C=O) groups is 1. The second kappa shape index (κ2) is 3.87. The van der Waals surface area contributed by atoms with Crippen molar-refractivity contribution in [1.29, 1.82) is 0 Å². The largest absolute Gasteiger partial charge is 0.458 e. The van der Waals surface area contributed by atoms with Gasteiger partial charge < -0.3 is 14.4 Å². The zero-order valence-electron chi connectivity index (χ0n) is 7.74. The van der Waals surface area contributed by atoms with Gasteiger partial charge in [0, 0.05) is 6.92 Å². The first-order valence-corrected chi connectivity index (χ1v) is 4.02. The number of rotatable bonds is 2. The normalized spacial score (nSPS) is 29.3. The molecule has 0 aliphatic carbocycles. The van der Waals surface area contributed by atoms with Gasteiger partial charge in [-0.25, -0.2) is 0 Å². The Labute approximate surface area is 72.4 Å². The molecular formula is C8H15NO3. The van der Waals surface area contributed by atoms with Crippen LogP contribution < -0.4 is 0 Å². The molecule has 2 atom stereocenters. The van der Waals surface area contributed by atoms with E-state index in [0.29, 0.717) is 13.2 Å². The maximum Gasteiger partial charge on any atom is 0.303 e. The predicted molar refractivity (Wildman–Crippen MR) is 43.8 cm³/mol. The van der Waals surface area contributed by atoms with Crippen LogP contribution in [0.25, 0.3) is 0 Å². The van der Waals surface area contributed by atoms with Gasteiger partial charge in [-0.1, -0.05) is 0 Å². The molecule has 0 N–H and O–H groups in total. The minimum Gasteiger partial charge on any atom is -0.458 e. The molecule has 0 amide bonds. The minimum absolute atomic E-state index is 0.0995. The van der Waals surface area contributed by atoms with Gasteiger partial charge in [0.2, 0.25) is 0 Å². The van der Waals surface area contributed by atoms with E-state index in [1.54, 1.807) is 0 Å². The highest BCUT2D eigenvalue weighted by molar-refractivity contribution is 5.66. The number of nitrogens with zero attached hydrogens (tertiary/aromatic N) is 1. The van der Waals surface area contributed by atoms with E-state index in [1.807, 2.05) is 19.0 Å². The maximum atomic E-state index is 10.7. The van der Waals surface area contributed by atoms with Gasteiger partial charge in [0.25, 0.3) is 0 Å². The number of hydrogen-bond acceptors (Lipinski definition) is 4. The lowest BCUT2D eigenvalue weighted by Crippen LogP contribution is -2.40. The van der Waals surface area contributed by atoms with E-state index in [-0.39, 0.29) is 18.1 Å². The van der Waals surface area contributed by atoms with Crippen LogP contribution in [-0.4, -0.2) is 50.3 Å². The topological polar surface area (TPSA) is 38.8 Å². The van der Waals surface area contributed by atoms with Gasteiger partial charge in [-0.2, -0.15) is 0 Å². The van der Waals surface area contributed by atoms with Crippen LogP contribution in [0, 0.1) is 0 Å². The molecule has 1 rings (SSSR count). The summed E-state index contributed by atoms with van der Waals surface area (Å²) in [6, 6.07) is 0.203. The van der Waals surface area contributed by atoms with Crippen LogP contribution in [0.1, 0.15) is 6.92 Å². The summed E-state index contributed by atoms with van der Waals surface area (Å²) in [6.07, 6.45) is -0.0995. The molecule has 0 bridgehead atoms. The number of carbonyl (C=O) groups excluding carboxylic acids is 1. The van der Waals surface area contributed by atoms with Crippen LogP contribution >= 0.6 is 0 Å². The van der Waals surface area contributed by atoms with Crippen molar-refractivity contribution < 1.29 is 14.3 Å². The molecule has 1 heterocycles. The standard InChI is InChI=1S/C8H15NO3/c1-6(10)12-8-5-11-4-7(8)9(2)3/h7-8H,4-5H2,1-3H3/t7-,8+/m1/s1. The Morgan fingerprint density at radius 1 is 1.50 bits per heavy atom. The van der Waals surface area contributed by atoms with E-state index in [1.165, 1.54) is 6.92 Å². The second-order valence-electron chi connectivity index (χ2n) is 3.22. The summed E-state index contributed by atoms with van der Waals surface area (Å²) >= 11 is 0. The first-order valence-electron chi connectivity index (χ1n) is 4.02. The fourth-order valence-corrected chi connectivity index (χ4v) is 1.33. The minimum atomic E-state index is -0.239. The van der Waals surface area contributed by atoms with Crippen molar-refractivity contribution in [1.82, 2.24) is 4.90 Å². The van der Waals surface area contributed by atoms with Crippen molar-refractivity contribution in [2.24, 2.45) is 0 Å². The number of hydrogen-bond donors (Lipinski definition) is 0. The predicted octanol–water partition coefficient (Wildman–Crippen LogP) is -0.122. The summed E-state index contributed by atoms with van der Waals surface area (Å²) in [5.74, 6) is -0.239. The molecule has 4 heteroatoms. The van der Waals surface area contributed by atoms with Crippen molar-refractivity contribution in [3.05, 3.63) is 0 Å². The molecule has 4 nitrogen and oxygen atoms in total. The van der Waals surface area contributed by atoms with Crippen LogP contribution in [0.3, 0.4) is 0 Å². The average Bonchev–Trinajstić information content (AvgIpc) is 2.33. The monoisotopic (exact) mass is 173 g/mol. The number of esters is 1. The van der Waals surface area contributed by atoms with Crippen molar-refractivity contribution in [2.45, 2.75) is 19.1 Å². The molecule has 1 fully saturated rings. The summed E-state index contributed by atoms with van der Waals surface area (Å²) in [5, 5.41) is 0. The average molecular weight is 173 g/mol. The van der Waals surface area contributed by atoms with Crippen LogP contribution in [0.5, 0.6) is 0 Å². The molecule has 1 aliphatic rings. The molecule has 1 aliphatic heterocycles. The first kappa shape index (κ1) is 9.48. The van der Waals surface area contributed by atoms with Crippen molar-refractivity contribution in [3.8, 4) is 0 Å². The van der Waals surface area contributed by atoms with Gasteiger partial charge in [-0.15, -0.1) is 0 Å². The highest BCUT2D eigenvalue weighted by Gasteiger charge is 2.32. The van der Waals surface area contributed by atoms with Crippen LogP contribution in [0.15, 0.2) is 0 Å². The van der Waals surface area contributed by atoms with Gasteiger partial charge in [-0.3, -0.25) is 4.79 Å². The summed E-state index contributed by atoms with van der Waals surface area (Å²) in [7, 11) is 3.91.